The van der Waals surface area contributed by atoms with E-state index in [0.717, 1.165) is 42.6 Å². The first-order valence-electron chi connectivity index (χ1n) is 10.4. The monoisotopic (exact) mass is 358 g/mol. The zero-order valence-corrected chi connectivity index (χ0v) is 15.9. The summed E-state index contributed by atoms with van der Waals surface area (Å²) in [6, 6.07) is 4.34. The molecule has 1 aromatic carbocycles. The van der Waals surface area contributed by atoms with E-state index in [1.165, 1.54) is 63.5 Å². The summed E-state index contributed by atoms with van der Waals surface area (Å²) in [6.45, 7) is 3.82. The van der Waals surface area contributed by atoms with Crippen LogP contribution < -0.4 is 0 Å². The summed E-state index contributed by atoms with van der Waals surface area (Å²) in [5.74, 6) is 1.07. The molecule has 0 aromatic heterocycles. The van der Waals surface area contributed by atoms with E-state index in [-0.39, 0.29) is 0 Å². The van der Waals surface area contributed by atoms with Gasteiger partial charge in [-0.3, -0.25) is 0 Å². The average molecular weight is 359 g/mol. The third-order valence-corrected chi connectivity index (χ3v) is 6.60. The van der Waals surface area contributed by atoms with Crippen molar-refractivity contribution in [1.29, 1.82) is 0 Å². The summed E-state index contributed by atoms with van der Waals surface area (Å²) in [5, 5.41) is 0. The molecule has 2 heteroatoms. The Kier molecular flexibility index (Phi) is 7.05. The van der Waals surface area contributed by atoms with Gasteiger partial charge in [0.25, 0.3) is 0 Å². The molecule has 1 aromatic rings. The minimum atomic E-state index is -0.747. The highest BCUT2D eigenvalue weighted by Crippen LogP contribution is 2.41. The molecule has 2 aliphatic carbocycles. The lowest BCUT2D eigenvalue weighted by Gasteiger charge is -2.35. The Labute approximate surface area is 157 Å². The Balaban J connectivity index is 1.39. The third kappa shape index (κ3) is 5.28. The zero-order valence-electron chi connectivity index (χ0n) is 15.9. The van der Waals surface area contributed by atoms with E-state index in [1.807, 2.05) is 6.08 Å². The van der Waals surface area contributed by atoms with Gasteiger partial charge in [-0.15, -0.1) is 6.58 Å². The van der Waals surface area contributed by atoms with E-state index in [9.17, 15) is 8.78 Å². The standard InChI is InChI=1S/C24H32F2/c1-2-3-4-18-7-12-21(13-8-18)22-14-9-19(10-15-22)5-6-20-11-16-23(25)24(26)17-20/h2,7,11,16-17,19,21-22H,1,3-6,8-10,12-15H2. The summed E-state index contributed by atoms with van der Waals surface area (Å²) in [6.07, 6.45) is 18.0. The summed E-state index contributed by atoms with van der Waals surface area (Å²) in [5.41, 5.74) is 2.57. The van der Waals surface area contributed by atoms with Gasteiger partial charge < -0.3 is 0 Å². The van der Waals surface area contributed by atoms with Crippen molar-refractivity contribution in [3.63, 3.8) is 0 Å². The largest absolute Gasteiger partial charge is 0.204 e. The van der Waals surface area contributed by atoms with Crippen LogP contribution in [0.4, 0.5) is 8.78 Å². The van der Waals surface area contributed by atoms with E-state index in [0.29, 0.717) is 0 Å². The second-order valence-corrected chi connectivity index (χ2v) is 8.29. The first-order chi connectivity index (χ1) is 12.7. The highest BCUT2D eigenvalue weighted by atomic mass is 19.2. The number of aryl methyl sites for hydroxylation is 1. The Hall–Kier alpha value is -1.44. The second-order valence-electron chi connectivity index (χ2n) is 8.29. The van der Waals surface area contributed by atoms with Crippen LogP contribution in [0.25, 0.3) is 0 Å². The summed E-state index contributed by atoms with van der Waals surface area (Å²) < 4.78 is 26.3. The number of rotatable bonds is 7. The van der Waals surface area contributed by atoms with Gasteiger partial charge in [-0.1, -0.05) is 36.6 Å². The van der Waals surface area contributed by atoms with Gasteiger partial charge in [-0.25, -0.2) is 8.78 Å². The van der Waals surface area contributed by atoms with E-state index in [4.69, 9.17) is 0 Å². The molecule has 0 heterocycles. The van der Waals surface area contributed by atoms with E-state index >= 15 is 0 Å². The number of hydrogen-bond donors (Lipinski definition) is 0. The van der Waals surface area contributed by atoms with Gasteiger partial charge in [0, 0.05) is 0 Å². The van der Waals surface area contributed by atoms with Crippen LogP contribution in [-0.4, -0.2) is 0 Å². The van der Waals surface area contributed by atoms with Gasteiger partial charge in [0.2, 0.25) is 0 Å². The molecule has 0 nitrogen and oxygen atoms in total. The van der Waals surface area contributed by atoms with Crippen molar-refractivity contribution < 1.29 is 8.78 Å². The molecule has 0 aliphatic heterocycles. The van der Waals surface area contributed by atoms with Crippen LogP contribution in [0.15, 0.2) is 42.5 Å². The normalized spacial score (nSPS) is 26.4. The first-order valence-corrected chi connectivity index (χ1v) is 10.4. The number of benzene rings is 1. The van der Waals surface area contributed by atoms with Crippen LogP contribution in [0.5, 0.6) is 0 Å². The van der Waals surface area contributed by atoms with Crippen molar-refractivity contribution in [2.24, 2.45) is 17.8 Å². The van der Waals surface area contributed by atoms with Gasteiger partial charge in [-0.2, -0.15) is 0 Å². The molecule has 2 aliphatic rings. The fraction of sp³-hybridized carbons (Fsp3) is 0.583. The van der Waals surface area contributed by atoms with Crippen molar-refractivity contribution in [2.75, 3.05) is 0 Å². The highest BCUT2D eigenvalue weighted by molar-refractivity contribution is 5.18. The third-order valence-electron chi connectivity index (χ3n) is 6.60. The molecule has 0 saturated heterocycles. The van der Waals surface area contributed by atoms with Gasteiger partial charge >= 0.3 is 0 Å². The molecule has 26 heavy (non-hydrogen) atoms. The average Bonchev–Trinajstić information content (AvgIpc) is 2.68. The lowest BCUT2D eigenvalue weighted by atomic mass is 9.70. The molecule has 0 N–H and O–H groups in total. The molecular weight excluding hydrogens is 326 g/mol. The number of allylic oxidation sites excluding steroid dienone is 3. The van der Waals surface area contributed by atoms with Gasteiger partial charge in [-0.05, 0) is 93.2 Å². The lowest BCUT2D eigenvalue weighted by molar-refractivity contribution is 0.187. The summed E-state index contributed by atoms with van der Waals surface area (Å²) >= 11 is 0. The number of halogens is 2. The molecule has 142 valence electrons. The maximum Gasteiger partial charge on any atom is 0.159 e. The second kappa shape index (κ2) is 9.48. The predicted octanol–water partition coefficient (Wildman–Crippen LogP) is 7.40. The van der Waals surface area contributed by atoms with Crippen LogP contribution in [0, 0.1) is 29.4 Å². The Morgan fingerprint density at radius 3 is 2.42 bits per heavy atom. The van der Waals surface area contributed by atoms with Crippen LogP contribution in [-0.2, 0) is 6.42 Å². The molecular formula is C24H32F2. The van der Waals surface area contributed by atoms with E-state index < -0.39 is 11.6 Å². The van der Waals surface area contributed by atoms with Crippen molar-refractivity contribution >= 4 is 0 Å². The summed E-state index contributed by atoms with van der Waals surface area (Å²) in [4.78, 5) is 0. The van der Waals surface area contributed by atoms with E-state index in [1.54, 1.807) is 11.6 Å². The molecule has 0 bridgehead atoms. The van der Waals surface area contributed by atoms with Crippen LogP contribution in [0.2, 0.25) is 0 Å². The van der Waals surface area contributed by atoms with Crippen molar-refractivity contribution in [1.82, 2.24) is 0 Å². The first kappa shape index (κ1) is 19.3. The van der Waals surface area contributed by atoms with Crippen molar-refractivity contribution in [2.45, 2.75) is 70.6 Å². The van der Waals surface area contributed by atoms with Crippen LogP contribution in [0.1, 0.15) is 69.8 Å². The number of hydrogen-bond acceptors (Lipinski definition) is 0. The minimum Gasteiger partial charge on any atom is -0.204 e. The zero-order chi connectivity index (χ0) is 18.4. The Morgan fingerprint density at radius 2 is 1.77 bits per heavy atom. The van der Waals surface area contributed by atoms with Crippen molar-refractivity contribution in [3.05, 3.63) is 59.7 Å². The minimum absolute atomic E-state index is 0.718. The fourth-order valence-corrected chi connectivity index (χ4v) is 4.87. The molecule has 0 radical (unpaired) electrons. The van der Waals surface area contributed by atoms with Gasteiger partial charge in [0.05, 0.1) is 0 Å². The SMILES string of the molecule is C=CCCC1=CCC(C2CCC(CCc3ccc(F)c(F)c3)CC2)CC1. The fourth-order valence-electron chi connectivity index (χ4n) is 4.87. The quantitative estimate of drug-likeness (QED) is 0.446. The summed E-state index contributed by atoms with van der Waals surface area (Å²) in [7, 11) is 0. The van der Waals surface area contributed by atoms with Crippen molar-refractivity contribution in [3.8, 4) is 0 Å². The van der Waals surface area contributed by atoms with Crippen LogP contribution >= 0.6 is 0 Å². The molecule has 0 spiro atoms. The predicted molar refractivity (Wildman–Crippen MR) is 105 cm³/mol. The molecule has 1 unspecified atom stereocenters. The molecule has 1 atom stereocenters. The molecule has 1 saturated carbocycles. The van der Waals surface area contributed by atoms with Crippen LogP contribution in [0.3, 0.4) is 0 Å². The maximum absolute atomic E-state index is 13.3. The van der Waals surface area contributed by atoms with Gasteiger partial charge in [0.1, 0.15) is 0 Å². The molecule has 1 fully saturated rings. The topological polar surface area (TPSA) is 0 Å². The smallest absolute Gasteiger partial charge is 0.159 e. The Bertz CT molecular complexity index is 623. The molecule has 0 amide bonds. The van der Waals surface area contributed by atoms with E-state index in [2.05, 4.69) is 12.7 Å². The molecule has 3 rings (SSSR count). The lowest BCUT2D eigenvalue weighted by Crippen LogP contribution is -2.23. The maximum atomic E-state index is 13.3. The Morgan fingerprint density at radius 1 is 0.962 bits per heavy atom. The highest BCUT2D eigenvalue weighted by Gasteiger charge is 2.28. The van der Waals surface area contributed by atoms with Gasteiger partial charge in [0.15, 0.2) is 11.6 Å².